The van der Waals surface area contributed by atoms with E-state index in [1.807, 2.05) is 24.3 Å². The summed E-state index contributed by atoms with van der Waals surface area (Å²) in [5.41, 5.74) is 0.966. The molecule has 0 saturated heterocycles. The average Bonchev–Trinajstić information content (AvgIpc) is 3.22. The van der Waals surface area contributed by atoms with Crippen LogP contribution in [0.3, 0.4) is 0 Å². The summed E-state index contributed by atoms with van der Waals surface area (Å²) in [5, 5.41) is 6.00. The van der Waals surface area contributed by atoms with Crippen LogP contribution >= 0.6 is 22.9 Å². The van der Waals surface area contributed by atoms with Crippen LogP contribution in [-0.2, 0) is 17.6 Å². The lowest BCUT2D eigenvalue weighted by Gasteiger charge is -2.28. The van der Waals surface area contributed by atoms with Crippen molar-refractivity contribution in [3.8, 4) is 0 Å². The predicted molar refractivity (Wildman–Crippen MR) is 97.1 cm³/mol. The second-order valence-corrected chi connectivity index (χ2v) is 7.84. The van der Waals surface area contributed by atoms with Gasteiger partial charge in [0.05, 0.1) is 5.41 Å². The zero-order valence-electron chi connectivity index (χ0n) is 13.2. The average molecular weight is 348 g/mol. The van der Waals surface area contributed by atoms with Crippen molar-refractivity contribution in [2.75, 3.05) is 6.54 Å². The Morgan fingerprint density at radius 1 is 1.17 bits per heavy atom. The Morgan fingerprint density at radius 3 is 2.57 bits per heavy atom. The number of thiophene rings is 1. The van der Waals surface area contributed by atoms with E-state index in [1.165, 1.54) is 10.4 Å². The molecule has 1 N–H and O–H groups in total. The van der Waals surface area contributed by atoms with E-state index in [0.29, 0.717) is 0 Å². The zero-order valence-corrected chi connectivity index (χ0v) is 14.8. The molecule has 0 aliphatic heterocycles. The van der Waals surface area contributed by atoms with Gasteiger partial charge in [0.25, 0.3) is 0 Å². The van der Waals surface area contributed by atoms with Gasteiger partial charge in [-0.15, -0.1) is 11.3 Å². The summed E-state index contributed by atoms with van der Waals surface area (Å²) < 4.78 is 0. The van der Waals surface area contributed by atoms with Gasteiger partial charge in [0.1, 0.15) is 0 Å². The highest BCUT2D eigenvalue weighted by molar-refractivity contribution is 7.09. The van der Waals surface area contributed by atoms with Crippen molar-refractivity contribution in [1.29, 1.82) is 0 Å². The molecule has 0 unspecified atom stereocenters. The summed E-state index contributed by atoms with van der Waals surface area (Å²) in [6.07, 6.45) is 5.99. The Balaban J connectivity index is 1.62. The van der Waals surface area contributed by atoms with Crippen molar-refractivity contribution < 1.29 is 4.79 Å². The molecule has 1 heterocycles. The number of rotatable bonds is 6. The second-order valence-electron chi connectivity index (χ2n) is 6.38. The summed E-state index contributed by atoms with van der Waals surface area (Å²) >= 11 is 7.71. The van der Waals surface area contributed by atoms with E-state index >= 15 is 0 Å². The first-order chi connectivity index (χ1) is 11.2. The topological polar surface area (TPSA) is 29.1 Å². The minimum atomic E-state index is -0.233. The Bertz CT molecular complexity index is 630. The van der Waals surface area contributed by atoms with Crippen molar-refractivity contribution in [1.82, 2.24) is 5.32 Å². The standard InChI is InChI=1S/C19H22ClNOS/c20-16-7-5-15(6-8-16)14-19(10-1-2-11-19)18(22)21-12-9-17-4-3-13-23-17/h3-8,13H,1-2,9-12,14H2,(H,21,22). The lowest BCUT2D eigenvalue weighted by Crippen LogP contribution is -2.41. The molecule has 0 radical (unpaired) electrons. The smallest absolute Gasteiger partial charge is 0.226 e. The highest BCUT2D eigenvalue weighted by atomic mass is 35.5. The van der Waals surface area contributed by atoms with Crippen LogP contribution in [-0.4, -0.2) is 12.5 Å². The van der Waals surface area contributed by atoms with Crippen LogP contribution in [0.1, 0.15) is 36.1 Å². The maximum Gasteiger partial charge on any atom is 0.226 e. The number of amides is 1. The predicted octanol–water partition coefficient (Wildman–Crippen LogP) is 4.86. The first kappa shape index (κ1) is 16.5. The van der Waals surface area contributed by atoms with Crippen LogP contribution in [0, 0.1) is 5.41 Å². The largest absolute Gasteiger partial charge is 0.355 e. The molecular formula is C19H22ClNOS. The molecule has 3 rings (SSSR count). The van der Waals surface area contributed by atoms with Gasteiger partial charge in [0.15, 0.2) is 0 Å². The number of halogens is 1. The molecule has 1 amide bonds. The Kier molecular flexibility index (Phi) is 5.39. The monoisotopic (exact) mass is 347 g/mol. The summed E-state index contributed by atoms with van der Waals surface area (Å²) in [5.74, 6) is 0.224. The van der Waals surface area contributed by atoms with E-state index in [-0.39, 0.29) is 11.3 Å². The van der Waals surface area contributed by atoms with E-state index < -0.39 is 0 Å². The highest BCUT2D eigenvalue weighted by Gasteiger charge is 2.40. The minimum absolute atomic E-state index is 0.224. The second kappa shape index (κ2) is 7.50. The van der Waals surface area contributed by atoms with Crippen LogP contribution in [0.5, 0.6) is 0 Å². The van der Waals surface area contributed by atoms with Gasteiger partial charge in [-0.1, -0.05) is 42.6 Å². The summed E-state index contributed by atoms with van der Waals surface area (Å²) in [6, 6.07) is 12.1. The highest BCUT2D eigenvalue weighted by Crippen LogP contribution is 2.41. The van der Waals surface area contributed by atoms with Crippen LogP contribution in [0.2, 0.25) is 5.02 Å². The third-order valence-electron chi connectivity index (χ3n) is 4.74. The lowest BCUT2D eigenvalue weighted by molar-refractivity contribution is -0.130. The molecule has 0 bridgehead atoms. The van der Waals surface area contributed by atoms with E-state index in [1.54, 1.807) is 11.3 Å². The van der Waals surface area contributed by atoms with E-state index in [2.05, 4.69) is 22.8 Å². The SMILES string of the molecule is O=C(NCCc1cccs1)C1(Cc2ccc(Cl)cc2)CCCC1. The van der Waals surface area contributed by atoms with Gasteiger partial charge >= 0.3 is 0 Å². The molecule has 2 nitrogen and oxygen atoms in total. The lowest BCUT2D eigenvalue weighted by atomic mass is 9.79. The summed E-state index contributed by atoms with van der Waals surface area (Å²) in [4.78, 5) is 14.2. The van der Waals surface area contributed by atoms with Crippen LogP contribution in [0.15, 0.2) is 41.8 Å². The quantitative estimate of drug-likeness (QED) is 0.794. The van der Waals surface area contributed by atoms with Gasteiger partial charge in [0.2, 0.25) is 5.91 Å². The maximum absolute atomic E-state index is 12.8. The molecule has 1 aromatic carbocycles. The van der Waals surface area contributed by atoms with Crippen molar-refractivity contribution in [3.63, 3.8) is 0 Å². The maximum atomic E-state index is 12.8. The van der Waals surface area contributed by atoms with Gasteiger partial charge in [-0.3, -0.25) is 4.79 Å². The molecule has 1 aliphatic carbocycles. The zero-order chi connectivity index (χ0) is 16.1. The van der Waals surface area contributed by atoms with Crippen LogP contribution in [0.25, 0.3) is 0 Å². The fourth-order valence-corrected chi connectivity index (χ4v) is 4.31. The molecule has 1 saturated carbocycles. The number of nitrogens with one attached hydrogen (secondary N) is 1. The normalized spacial score (nSPS) is 16.4. The van der Waals surface area contributed by atoms with Gasteiger partial charge < -0.3 is 5.32 Å². The van der Waals surface area contributed by atoms with E-state index in [9.17, 15) is 4.79 Å². The molecule has 122 valence electrons. The molecule has 4 heteroatoms. The third-order valence-corrected chi connectivity index (χ3v) is 5.92. The Morgan fingerprint density at radius 2 is 1.91 bits per heavy atom. The van der Waals surface area contributed by atoms with Crippen molar-refractivity contribution in [2.45, 2.75) is 38.5 Å². The van der Waals surface area contributed by atoms with E-state index in [0.717, 1.165) is 50.1 Å². The number of hydrogen-bond donors (Lipinski definition) is 1. The number of carbonyl (C=O) groups excluding carboxylic acids is 1. The Hall–Kier alpha value is -1.32. The van der Waals surface area contributed by atoms with E-state index in [4.69, 9.17) is 11.6 Å². The number of hydrogen-bond acceptors (Lipinski definition) is 2. The molecule has 0 spiro atoms. The molecule has 1 aromatic heterocycles. The first-order valence-corrected chi connectivity index (χ1v) is 9.49. The summed E-state index contributed by atoms with van der Waals surface area (Å²) in [6.45, 7) is 0.724. The van der Waals surface area contributed by atoms with Gasteiger partial charge in [-0.2, -0.15) is 0 Å². The van der Waals surface area contributed by atoms with Crippen molar-refractivity contribution in [2.24, 2.45) is 5.41 Å². The molecule has 23 heavy (non-hydrogen) atoms. The Labute approximate surface area is 146 Å². The van der Waals surface area contributed by atoms with Gasteiger partial charge in [0, 0.05) is 16.4 Å². The third kappa shape index (κ3) is 4.15. The van der Waals surface area contributed by atoms with Crippen molar-refractivity contribution >= 4 is 28.8 Å². The minimum Gasteiger partial charge on any atom is -0.355 e. The summed E-state index contributed by atoms with van der Waals surface area (Å²) in [7, 11) is 0. The molecular weight excluding hydrogens is 326 g/mol. The first-order valence-electron chi connectivity index (χ1n) is 8.23. The van der Waals surface area contributed by atoms with Crippen LogP contribution in [0.4, 0.5) is 0 Å². The molecule has 1 fully saturated rings. The number of carbonyl (C=O) groups is 1. The van der Waals surface area contributed by atoms with Crippen LogP contribution < -0.4 is 5.32 Å². The molecule has 1 aliphatic rings. The number of benzene rings is 1. The molecule has 2 aromatic rings. The van der Waals surface area contributed by atoms with Crippen molar-refractivity contribution in [3.05, 3.63) is 57.2 Å². The fraction of sp³-hybridized carbons (Fsp3) is 0.421. The van der Waals surface area contributed by atoms with Gasteiger partial charge in [-0.05, 0) is 54.8 Å². The fourth-order valence-electron chi connectivity index (χ4n) is 3.47. The van der Waals surface area contributed by atoms with Gasteiger partial charge in [-0.25, -0.2) is 0 Å². The molecule has 0 atom stereocenters.